The van der Waals surface area contributed by atoms with Gasteiger partial charge in [0.25, 0.3) is 0 Å². The van der Waals surface area contributed by atoms with Crippen LogP contribution in [0.5, 0.6) is 5.95 Å². The molecule has 0 aliphatic carbocycles. The Balaban J connectivity index is 2.23. The summed E-state index contributed by atoms with van der Waals surface area (Å²) in [5.74, 6) is 0.273. The molecule has 114 valence electrons. The lowest BCUT2D eigenvalue weighted by Gasteiger charge is -2.28. The summed E-state index contributed by atoms with van der Waals surface area (Å²) in [6.45, 7) is 0. The molecule has 0 amide bonds. The second-order valence-corrected chi connectivity index (χ2v) is 8.64. The average Bonchev–Trinajstić information content (AvgIpc) is 2.86. The van der Waals surface area contributed by atoms with E-state index in [-0.39, 0.29) is 5.95 Å². The molecule has 1 aromatic carbocycles. The molecule has 1 heterocycles. The van der Waals surface area contributed by atoms with Crippen molar-refractivity contribution in [3.63, 3.8) is 0 Å². The van der Waals surface area contributed by atoms with E-state index in [0.29, 0.717) is 0 Å². The van der Waals surface area contributed by atoms with Crippen molar-refractivity contribution in [2.75, 3.05) is 28.2 Å². The molecule has 2 rings (SSSR count). The number of rotatable bonds is 6. The van der Waals surface area contributed by atoms with Gasteiger partial charge in [0.05, 0.1) is 11.2 Å². The van der Waals surface area contributed by atoms with Crippen LogP contribution in [-0.4, -0.2) is 37.5 Å². The Bertz CT molecular complexity index is 616. The van der Waals surface area contributed by atoms with Crippen LogP contribution in [0.15, 0.2) is 56.9 Å². The summed E-state index contributed by atoms with van der Waals surface area (Å²) in [7, 11) is 3.74. The van der Waals surface area contributed by atoms with Crippen molar-refractivity contribution < 1.29 is 13.5 Å². The Kier molecular flexibility index (Phi) is 5.17. The molecule has 21 heavy (non-hydrogen) atoms. The van der Waals surface area contributed by atoms with E-state index in [2.05, 4.69) is 0 Å². The van der Waals surface area contributed by atoms with Crippen LogP contribution in [0.2, 0.25) is 0 Å². The first-order valence-electron chi connectivity index (χ1n) is 6.39. The first-order chi connectivity index (χ1) is 9.93. The highest BCUT2D eigenvalue weighted by molar-refractivity contribution is 7.99. The molecule has 0 saturated carbocycles. The fourth-order valence-corrected chi connectivity index (χ4v) is 3.98. The zero-order valence-electron chi connectivity index (χ0n) is 12.5. The standard InChI is InChI=1S/C14H19N2O3PS/c1-15(2)20(17,16(3)4)19-14-13(10-11-18-14)21-12-8-6-5-7-9-12/h5-11H,1-4H3. The molecular formula is C14H19N2O3PS. The second kappa shape index (κ2) is 6.71. The lowest BCUT2D eigenvalue weighted by atomic mass is 10.4. The topological polar surface area (TPSA) is 45.9 Å². The van der Waals surface area contributed by atoms with E-state index in [1.165, 1.54) is 18.0 Å². The lowest BCUT2D eigenvalue weighted by molar-refractivity contribution is 0.304. The average molecular weight is 326 g/mol. The maximum absolute atomic E-state index is 12.8. The third kappa shape index (κ3) is 3.71. The van der Waals surface area contributed by atoms with Crippen molar-refractivity contribution in [2.24, 2.45) is 0 Å². The van der Waals surface area contributed by atoms with E-state index >= 15 is 0 Å². The molecule has 0 fully saturated rings. The summed E-state index contributed by atoms with van der Waals surface area (Å²) in [6, 6.07) is 11.7. The highest BCUT2D eigenvalue weighted by Crippen LogP contribution is 2.52. The molecular weight excluding hydrogens is 307 g/mol. The van der Waals surface area contributed by atoms with Crippen molar-refractivity contribution in [1.82, 2.24) is 9.34 Å². The molecule has 0 N–H and O–H groups in total. The predicted octanol–water partition coefficient (Wildman–Crippen LogP) is 4.04. The summed E-state index contributed by atoms with van der Waals surface area (Å²) < 4.78 is 27.0. The van der Waals surface area contributed by atoms with E-state index < -0.39 is 7.67 Å². The third-order valence-electron chi connectivity index (χ3n) is 2.78. The van der Waals surface area contributed by atoms with Crippen molar-refractivity contribution in [3.05, 3.63) is 42.7 Å². The predicted molar refractivity (Wildman–Crippen MR) is 84.9 cm³/mol. The highest BCUT2D eigenvalue weighted by atomic mass is 32.2. The van der Waals surface area contributed by atoms with E-state index in [4.69, 9.17) is 8.94 Å². The SMILES string of the molecule is CN(C)P(=O)(Oc1occc1Sc1ccccc1)N(C)C. The van der Waals surface area contributed by atoms with Gasteiger partial charge in [0.15, 0.2) is 0 Å². The van der Waals surface area contributed by atoms with Crippen LogP contribution >= 0.6 is 19.4 Å². The fraction of sp³-hybridized carbons (Fsp3) is 0.286. The Hall–Kier alpha value is -1.20. The number of nitrogens with zero attached hydrogens (tertiary/aromatic N) is 2. The first-order valence-corrected chi connectivity index (χ1v) is 8.74. The summed E-state index contributed by atoms with van der Waals surface area (Å²) in [6.07, 6.45) is 1.54. The molecule has 0 unspecified atom stereocenters. The minimum Gasteiger partial charge on any atom is -0.433 e. The Morgan fingerprint density at radius 1 is 1.05 bits per heavy atom. The molecule has 0 bridgehead atoms. The molecule has 0 spiro atoms. The molecule has 0 saturated heterocycles. The molecule has 5 nitrogen and oxygen atoms in total. The first kappa shape index (κ1) is 16.2. The largest absolute Gasteiger partial charge is 0.433 e. The minimum absolute atomic E-state index is 0.273. The van der Waals surface area contributed by atoms with Crippen molar-refractivity contribution in [1.29, 1.82) is 0 Å². The Labute approximate surface area is 129 Å². The quantitative estimate of drug-likeness (QED) is 0.747. The molecule has 0 radical (unpaired) electrons. The molecule has 0 aliphatic heterocycles. The molecule has 2 aromatic rings. The van der Waals surface area contributed by atoms with Crippen LogP contribution in [0.25, 0.3) is 0 Å². The maximum Gasteiger partial charge on any atom is 0.397 e. The van der Waals surface area contributed by atoms with E-state index in [1.807, 2.05) is 36.4 Å². The van der Waals surface area contributed by atoms with Gasteiger partial charge in [0.2, 0.25) is 0 Å². The lowest BCUT2D eigenvalue weighted by Crippen LogP contribution is -2.24. The summed E-state index contributed by atoms with van der Waals surface area (Å²) >= 11 is 1.51. The molecule has 0 aliphatic rings. The third-order valence-corrected chi connectivity index (χ3v) is 6.24. The van der Waals surface area contributed by atoms with Crippen LogP contribution < -0.4 is 4.52 Å². The van der Waals surface area contributed by atoms with Gasteiger partial charge in [-0.2, -0.15) is 0 Å². The summed E-state index contributed by atoms with van der Waals surface area (Å²) in [4.78, 5) is 1.86. The zero-order chi connectivity index (χ0) is 15.5. The second-order valence-electron chi connectivity index (χ2n) is 4.76. The molecule has 7 heteroatoms. The van der Waals surface area contributed by atoms with E-state index in [9.17, 15) is 4.57 Å². The van der Waals surface area contributed by atoms with Crippen molar-refractivity contribution in [2.45, 2.75) is 9.79 Å². The summed E-state index contributed by atoms with van der Waals surface area (Å²) in [5, 5.41) is 0. The maximum atomic E-state index is 12.8. The van der Waals surface area contributed by atoms with Crippen molar-refractivity contribution in [3.8, 4) is 5.95 Å². The van der Waals surface area contributed by atoms with Gasteiger partial charge in [0.1, 0.15) is 0 Å². The van der Waals surface area contributed by atoms with Crippen molar-refractivity contribution >= 4 is 19.4 Å². The number of benzene rings is 1. The van der Waals surface area contributed by atoms with Crippen LogP contribution in [0, 0.1) is 0 Å². The fourth-order valence-electron chi connectivity index (χ4n) is 1.67. The van der Waals surface area contributed by atoms with Gasteiger partial charge in [0, 0.05) is 4.90 Å². The Morgan fingerprint density at radius 2 is 1.67 bits per heavy atom. The van der Waals surface area contributed by atoms with Crippen LogP contribution in [0.3, 0.4) is 0 Å². The number of furan rings is 1. The summed E-state index contributed by atoms with van der Waals surface area (Å²) in [5.41, 5.74) is 0. The van der Waals surface area contributed by atoms with Crippen LogP contribution in [0.4, 0.5) is 0 Å². The van der Waals surface area contributed by atoms with Crippen LogP contribution in [-0.2, 0) is 4.57 Å². The smallest absolute Gasteiger partial charge is 0.397 e. The van der Waals surface area contributed by atoms with Gasteiger partial charge in [-0.05, 0) is 46.4 Å². The van der Waals surface area contributed by atoms with Gasteiger partial charge in [-0.3, -0.25) is 0 Å². The van der Waals surface area contributed by atoms with Gasteiger partial charge in [-0.25, -0.2) is 13.9 Å². The van der Waals surface area contributed by atoms with Gasteiger partial charge in [-0.1, -0.05) is 30.0 Å². The number of hydrogen-bond donors (Lipinski definition) is 0. The van der Waals surface area contributed by atoms with Gasteiger partial charge in [-0.15, -0.1) is 0 Å². The monoisotopic (exact) mass is 326 g/mol. The number of hydrogen-bond acceptors (Lipinski definition) is 4. The molecule has 1 aromatic heterocycles. The highest BCUT2D eigenvalue weighted by Gasteiger charge is 2.33. The molecule has 0 atom stereocenters. The van der Waals surface area contributed by atoms with E-state index in [0.717, 1.165) is 9.79 Å². The van der Waals surface area contributed by atoms with Gasteiger partial charge < -0.3 is 8.94 Å². The van der Waals surface area contributed by atoms with Gasteiger partial charge >= 0.3 is 13.6 Å². The minimum atomic E-state index is -3.12. The zero-order valence-corrected chi connectivity index (χ0v) is 14.2. The van der Waals surface area contributed by atoms with Crippen LogP contribution in [0.1, 0.15) is 0 Å². The Morgan fingerprint density at radius 3 is 2.24 bits per heavy atom. The van der Waals surface area contributed by atoms with E-state index in [1.54, 1.807) is 37.5 Å². The normalized spacial score (nSPS) is 12.1.